The zero-order valence-corrected chi connectivity index (χ0v) is 12.7. The van der Waals surface area contributed by atoms with Gasteiger partial charge in [0, 0.05) is 38.9 Å². The predicted molar refractivity (Wildman–Crippen MR) is 79.5 cm³/mol. The Hall–Kier alpha value is -1.02. The molecule has 6 nitrogen and oxygen atoms in total. The first-order valence-corrected chi connectivity index (χ1v) is 9.10. The SMILES string of the molecule is O=S1(=O)C[C@H](O)[C@@H](N2CCN(Cc3ccccn3)CC2)C1. The third-order valence-corrected chi connectivity index (χ3v) is 5.98. The van der Waals surface area contributed by atoms with Gasteiger partial charge in [-0.15, -0.1) is 0 Å². The lowest BCUT2D eigenvalue weighted by Gasteiger charge is -2.38. The second-order valence-corrected chi connectivity index (χ2v) is 8.00. The zero-order valence-electron chi connectivity index (χ0n) is 11.9. The maximum absolute atomic E-state index is 11.6. The van der Waals surface area contributed by atoms with Crippen molar-refractivity contribution in [3.8, 4) is 0 Å². The summed E-state index contributed by atoms with van der Waals surface area (Å²) in [5, 5.41) is 9.93. The number of rotatable bonds is 3. The number of hydrogen-bond donors (Lipinski definition) is 1. The van der Waals surface area contributed by atoms with Crippen LogP contribution in [0.15, 0.2) is 24.4 Å². The number of pyridine rings is 1. The molecule has 3 rings (SSSR count). The minimum Gasteiger partial charge on any atom is -0.390 e. The maximum Gasteiger partial charge on any atom is 0.154 e. The lowest BCUT2D eigenvalue weighted by molar-refractivity contribution is 0.0421. The Bertz CT molecular complexity index is 570. The van der Waals surface area contributed by atoms with Gasteiger partial charge in [-0.25, -0.2) is 8.42 Å². The molecule has 21 heavy (non-hydrogen) atoms. The highest BCUT2D eigenvalue weighted by atomic mass is 32.2. The average molecular weight is 311 g/mol. The molecule has 0 radical (unpaired) electrons. The number of piperazine rings is 1. The molecule has 2 atom stereocenters. The molecule has 2 aliphatic rings. The van der Waals surface area contributed by atoms with E-state index in [9.17, 15) is 13.5 Å². The Morgan fingerprint density at radius 2 is 1.95 bits per heavy atom. The van der Waals surface area contributed by atoms with Crippen molar-refractivity contribution < 1.29 is 13.5 Å². The molecule has 116 valence electrons. The normalized spacial score (nSPS) is 30.5. The summed E-state index contributed by atoms with van der Waals surface area (Å²) in [5.41, 5.74) is 1.05. The molecule has 0 aromatic carbocycles. The van der Waals surface area contributed by atoms with Gasteiger partial charge >= 0.3 is 0 Å². The van der Waals surface area contributed by atoms with Crippen LogP contribution in [0, 0.1) is 0 Å². The van der Waals surface area contributed by atoms with Crippen molar-refractivity contribution in [1.82, 2.24) is 14.8 Å². The molecular formula is C14H21N3O3S. The highest BCUT2D eigenvalue weighted by molar-refractivity contribution is 7.91. The molecule has 1 aromatic heterocycles. The summed E-state index contributed by atoms with van der Waals surface area (Å²) in [6.45, 7) is 4.16. The van der Waals surface area contributed by atoms with E-state index in [1.807, 2.05) is 18.2 Å². The third kappa shape index (κ3) is 3.60. The topological polar surface area (TPSA) is 73.7 Å². The van der Waals surface area contributed by atoms with Crippen LogP contribution in [0.3, 0.4) is 0 Å². The van der Waals surface area contributed by atoms with E-state index in [1.54, 1.807) is 6.20 Å². The highest BCUT2D eigenvalue weighted by Crippen LogP contribution is 2.20. The minimum absolute atomic E-state index is 0.0915. The van der Waals surface area contributed by atoms with E-state index in [1.165, 1.54) is 0 Å². The van der Waals surface area contributed by atoms with Crippen LogP contribution >= 0.6 is 0 Å². The first-order valence-electron chi connectivity index (χ1n) is 7.28. The molecule has 0 bridgehead atoms. The van der Waals surface area contributed by atoms with E-state index in [2.05, 4.69) is 14.8 Å². The van der Waals surface area contributed by atoms with Crippen LogP contribution in [-0.2, 0) is 16.4 Å². The number of aliphatic hydroxyl groups excluding tert-OH is 1. The lowest BCUT2D eigenvalue weighted by atomic mass is 10.1. The van der Waals surface area contributed by atoms with Gasteiger partial charge in [-0.05, 0) is 12.1 Å². The maximum atomic E-state index is 11.6. The first kappa shape index (κ1) is 14.9. The Balaban J connectivity index is 1.54. The molecule has 7 heteroatoms. The monoisotopic (exact) mass is 311 g/mol. The van der Waals surface area contributed by atoms with E-state index in [0.717, 1.165) is 38.4 Å². The summed E-state index contributed by atoms with van der Waals surface area (Å²) >= 11 is 0. The van der Waals surface area contributed by atoms with Gasteiger partial charge in [0.25, 0.3) is 0 Å². The lowest BCUT2D eigenvalue weighted by Crippen LogP contribution is -2.53. The molecule has 2 fully saturated rings. The smallest absolute Gasteiger partial charge is 0.154 e. The molecule has 0 amide bonds. The molecule has 0 saturated carbocycles. The number of sulfone groups is 1. The van der Waals surface area contributed by atoms with Crippen LogP contribution in [0.5, 0.6) is 0 Å². The largest absolute Gasteiger partial charge is 0.390 e. The van der Waals surface area contributed by atoms with Gasteiger partial charge in [-0.1, -0.05) is 6.07 Å². The number of aromatic nitrogens is 1. The summed E-state index contributed by atoms with van der Waals surface area (Å²) in [7, 11) is -3.07. The van der Waals surface area contributed by atoms with Crippen molar-refractivity contribution in [3.63, 3.8) is 0 Å². The van der Waals surface area contributed by atoms with Crippen molar-refractivity contribution in [3.05, 3.63) is 30.1 Å². The van der Waals surface area contributed by atoms with E-state index < -0.39 is 15.9 Å². The van der Waals surface area contributed by atoms with E-state index in [-0.39, 0.29) is 17.5 Å². The fraction of sp³-hybridized carbons (Fsp3) is 0.643. The van der Waals surface area contributed by atoms with Crippen LogP contribution in [0.4, 0.5) is 0 Å². The standard InChI is InChI=1S/C14H21N3O3S/c18-14-11-21(19,20)10-13(14)17-7-5-16(6-8-17)9-12-3-1-2-4-15-12/h1-4,13-14,18H,5-11H2/t13-,14-/m0/s1. The van der Waals surface area contributed by atoms with Crippen LogP contribution in [0.2, 0.25) is 0 Å². The average Bonchev–Trinajstić information content (AvgIpc) is 2.74. The number of nitrogens with zero attached hydrogens (tertiary/aromatic N) is 3. The first-order chi connectivity index (χ1) is 10.0. The number of hydrogen-bond acceptors (Lipinski definition) is 6. The summed E-state index contributed by atoms with van der Waals surface area (Å²) in [4.78, 5) is 8.76. The van der Waals surface area contributed by atoms with Gasteiger partial charge in [0.15, 0.2) is 9.84 Å². The van der Waals surface area contributed by atoms with Crippen molar-refractivity contribution in [2.45, 2.75) is 18.7 Å². The summed E-state index contributed by atoms with van der Waals surface area (Å²) in [5.74, 6) is 0.000222. The molecule has 2 saturated heterocycles. The fourth-order valence-corrected chi connectivity index (χ4v) is 4.97. The molecule has 1 aromatic rings. The minimum atomic E-state index is -3.07. The van der Waals surface area contributed by atoms with Crippen LogP contribution in [0.25, 0.3) is 0 Å². The zero-order chi connectivity index (χ0) is 14.9. The van der Waals surface area contributed by atoms with Gasteiger partial charge in [0.2, 0.25) is 0 Å². The molecule has 2 aliphatic heterocycles. The summed E-state index contributed by atoms with van der Waals surface area (Å²) in [6.07, 6.45) is 1.06. The fourth-order valence-electron chi connectivity index (χ4n) is 3.13. The Morgan fingerprint density at radius 1 is 1.19 bits per heavy atom. The molecular weight excluding hydrogens is 290 g/mol. The third-order valence-electron chi connectivity index (χ3n) is 4.28. The van der Waals surface area contributed by atoms with Crippen LogP contribution < -0.4 is 0 Å². The molecule has 0 unspecified atom stereocenters. The predicted octanol–water partition coefficient (Wildman–Crippen LogP) is -0.643. The quantitative estimate of drug-likeness (QED) is 0.800. The van der Waals surface area contributed by atoms with E-state index in [0.29, 0.717) is 0 Å². The Labute approximate surface area is 125 Å². The van der Waals surface area contributed by atoms with Gasteiger partial charge in [0.05, 0.1) is 29.3 Å². The summed E-state index contributed by atoms with van der Waals surface area (Å²) < 4.78 is 23.2. The van der Waals surface area contributed by atoms with Crippen molar-refractivity contribution >= 4 is 9.84 Å². The van der Waals surface area contributed by atoms with Gasteiger partial charge in [-0.3, -0.25) is 14.8 Å². The Kier molecular flexibility index (Phi) is 4.26. The summed E-state index contributed by atoms with van der Waals surface area (Å²) in [6, 6.07) is 5.67. The van der Waals surface area contributed by atoms with Crippen molar-refractivity contribution in [1.29, 1.82) is 0 Å². The van der Waals surface area contributed by atoms with Crippen LogP contribution in [-0.4, -0.2) is 78.1 Å². The second kappa shape index (κ2) is 6.00. The molecule has 3 heterocycles. The van der Waals surface area contributed by atoms with E-state index in [4.69, 9.17) is 0 Å². The second-order valence-electron chi connectivity index (χ2n) is 5.84. The molecule has 1 N–H and O–H groups in total. The Morgan fingerprint density at radius 3 is 2.52 bits per heavy atom. The molecule has 0 aliphatic carbocycles. The van der Waals surface area contributed by atoms with Gasteiger partial charge in [-0.2, -0.15) is 0 Å². The van der Waals surface area contributed by atoms with Crippen molar-refractivity contribution in [2.75, 3.05) is 37.7 Å². The number of aliphatic hydroxyl groups is 1. The highest BCUT2D eigenvalue weighted by Gasteiger charge is 2.40. The van der Waals surface area contributed by atoms with Gasteiger partial charge < -0.3 is 5.11 Å². The van der Waals surface area contributed by atoms with E-state index >= 15 is 0 Å². The van der Waals surface area contributed by atoms with Crippen LogP contribution in [0.1, 0.15) is 5.69 Å². The molecule has 0 spiro atoms. The van der Waals surface area contributed by atoms with Crippen molar-refractivity contribution in [2.24, 2.45) is 0 Å². The van der Waals surface area contributed by atoms with Gasteiger partial charge in [0.1, 0.15) is 0 Å².